The van der Waals surface area contributed by atoms with E-state index in [0.29, 0.717) is 30.1 Å². The molecule has 0 fully saturated rings. The molecular weight excluding hydrogens is 232 g/mol. The van der Waals surface area contributed by atoms with Crippen LogP contribution in [0.5, 0.6) is 0 Å². The van der Waals surface area contributed by atoms with E-state index in [0.717, 1.165) is 6.54 Å². The van der Waals surface area contributed by atoms with E-state index >= 15 is 0 Å². The van der Waals surface area contributed by atoms with Gasteiger partial charge in [-0.1, -0.05) is 6.08 Å². The van der Waals surface area contributed by atoms with Crippen molar-refractivity contribution in [3.05, 3.63) is 29.2 Å². The molecule has 2 rings (SSSR count). The molecule has 2 aromatic heterocycles. The van der Waals surface area contributed by atoms with Crippen LogP contribution >= 0.6 is 0 Å². The van der Waals surface area contributed by atoms with E-state index in [1.807, 2.05) is 7.05 Å². The molecule has 96 valence electrons. The number of rotatable bonds is 6. The van der Waals surface area contributed by atoms with Crippen molar-refractivity contribution in [1.82, 2.24) is 25.1 Å². The molecule has 0 aliphatic rings. The first kappa shape index (κ1) is 12.3. The molecule has 7 nitrogen and oxygen atoms in total. The number of nitrogens with zero attached hydrogens (tertiary/aromatic N) is 3. The van der Waals surface area contributed by atoms with Crippen LogP contribution in [0.3, 0.4) is 0 Å². The first-order valence-corrected chi connectivity index (χ1v) is 5.71. The second kappa shape index (κ2) is 5.46. The first-order valence-electron chi connectivity index (χ1n) is 5.71. The van der Waals surface area contributed by atoms with Crippen LogP contribution < -0.4 is 16.2 Å². The summed E-state index contributed by atoms with van der Waals surface area (Å²) in [7, 11) is 1.86. The number of allylic oxidation sites excluding steroid dienone is 1. The minimum atomic E-state index is -0.192. The topological polar surface area (TPSA) is 87.6 Å². The molecule has 0 unspecified atom stereocenters. The lowest BCUT2D eigenvalue weighted by molar-refractivity contribution is 0.720. The number of likely N-dealkylation sites (N-methyl/N-ethyl adjacent to an activating group) is 1. The van der Waals surface area contributed by atoms with Crippen molar-refractivity contribution in [2.24, 2.45) is 0 Å². The van der Waals surface area contributed by atoms with Crippen LogP contribution in [0, 0.1) is 0 Å². The zero-order valence-corrected chi connectivity index (χ0v) is 10.2. The van der Waals surface area contributed by atoms with Gasteiger partial charge in [0.15, 0.2) is 5.65 Å². The lowest BCUT2D eigenvalue weighted by atomic mass is 10.4. The number of aromatic nitrogens is 4. The van der Waals surface area contributed by atoms with Crippen molar-refractivity contribution in [1.29, 1.82) is 0 Å². The molecule has 7 heteroatoms. The summed E-state index contributed by atoms with van der Waals surface area (Å²) in [5.74, 6) is 0.452. The Morgan fingerprint density at radius 2 is 2.39 bits per heavy atom. The largest absolute Gasteiger partial charge is 0.354 e. The summed E-state index contributed by atoms with van der Waals surface area (Å²) < 4.78 is 1.64. The molecule has 0 saturated heterocycles. The van der Waals surface area contributed by atoms with Crippen LogP contribution in [0.25, 0.3) is 11.0 Å². The van der Waals surface area contributed by atoms with Gasteiger partial charge in [-0.05, 0) is 7.05 Å². The molecule has 0 aliphatic carbocycles. The number of H-pyrrole nitrogens is 1. The molecule has 2 aromatic rings. The molecule has 0 aromatic carbocycles. The van der Waals surface area contributed by atoms with Crippen LogP contribution in [-0.2, 0) is 6.54 Å². The normalized spacial score (nSPS) is 10.7. The summed E-state index contributed by atoms with van der Waals surface area (Å²) in [5, 5.41) is 10.6. The summed E-state index contributed by atoms with van der Waals surface area (Å²) in [5.41, 5.74) is 0.368. The maximum Gasteiger partial charge on any atom is 0.263 e. The zero-order chi connectivity index (χ0) is 13.0. The predicted molar refractivity (Wildman–Crippen MR) is 70.8 cm³/mol. The maximum atomic E-state index is 11.8. The van der Waals surface area contributed by atoms with Crippen molar-refractivity contribution in [2.45, 2.75) is 6.54 Å². The van der Waals surface area contributed by atoms with Gasteiger partial charge in [-0.25, -0.2) is 4.68 Å². The average molecular weight is 248 g/mol. The monoisotopic (exact) mass is 248 g/mol. The molecule has 0 aliphatic heterocycles. The number of hydrogen-bond acceptors (Lipinski definition) is 5. The van der Waals surface area contributed by atoms with Crippen molar-refractivity contribution in [3.8, 4) is 0 Å². The number of hydrogen-bond donors (Lipinski definition) is 3. The average Bonchev–Trinajstić information content (AvgIpc) is 2.74. The summed E-state index contributed by atoms with van der Waals surface area (Å²) in [4.78, 5) is 18.8. The quantitative estimate of drug-likeness (QED) is 0.492. The van der Waals surface area contributed by atoms with E-state index in [9.17, 15) is 4.79 Å². The zero-order valence-electron chi connectivity index (χ0n) is 10.2. The molecule has 0 atom stereocenters. The Hall–Kier alpha value is -2.15. The highest BCUT2D eigenvalue weighted by atomic mass is 16.1. The van der Waals surface area contributed by atoms with Gasteiger partial charge in [0.05, 0.1) is 12.7 Å². The lowest BCUT2D eigenvalue weighted by Gasteiger charge is -2.05. The minimum absolute atomic E-state index is 0.192. The fraction of sp³-hybridized carbons (Fsp3) is 0.364. The maximum absolute atomic E-state index is 11.8. The van der Waals surface area contributed by atoms with Crippen molar-refractivity contribution >= 4 is 17.0 Å². The fourth-order valence-electron chi connectivity index (χ4n) is 1.61. The van der Waals surface area contributed by atoms with E-state index < -0.39 is 0 Å². The third kappa shape index (κ3) is 2.40. The van der Waals surface area contributed by atoms with Gasteiger partial charge in [0.25, 0.3) is 5.56 Å². The highest BCUT2D eigenvalue weighted by Gasteiger charge is 2.08. The smallest absolute Gasteiger partial charge is 0.263 e. The third-order valence-electron chi connectivity index (χ3n) is 2.48. The van der Waals surface area contributed by atoms with Gasteiger partial charge in [0.1, 0.15) is 5.39 Å². The van der Waals surface area contributed by atoms with Crippen LogP contribution in [0.4, 0.5) is 5.95 Å². The van der Waals surface area contributed by atoms with E-state index in [1.165, 1.54) is 6.20 Å². The Bertz CT molecular complexity index is 599. The SMILES string of the molecule is C=CCn1ncc2c(=O)[nH]c(NCCNC)nc21. The van der Waals surface area contributed by atoms with Crippen LogP contribution in [-0.4, -0.2) is 39.9 Å². The number of nitrogens with one attached hydrogen (secondary N) is 3. The van der Waals surface area contributed by atoms with Gasteiger partial charge in [0.2, 0.25) is 5.95 Å². The highest BCUT2D eigenvalue weighted by molar-refractivity contribution is 5.74. The van der Waals surface area contributed by atoms with Crippen molar-refractivity contribution < 1.29 is 0 Å². The Labute approximate surface area is 104 Å². The Balaban J connectivity index is 2.35. The van der Waals surface area contributed by atoms with Gasteiger partial charge in [-0.2, -0.15) is 10.1 Å². The minimum Gasteiger partial charge on any atom is -0.354 e. The molecule has 0 saturated carbocycles. The molecule has 0 bridgehead atoms. The predicted octanol–water partition coefficient (Wildman–Crippen LogP) is -0.0631. The van der Waals surface area contributed by atoms with Crippen molar-refractivity contribution in [3.63, 3.8) is 0 Å². The second-order valence-corrected chi connectivity index (χ2v) is 3.80. The Morgan fingerprint density at radius 1 is 1.56 bits per heavy atom. The van der Waals surface area contributed by atoms with Gasteiger partial charge in [0, 0.05) is 13.1 Å². The summed E-state index contributed by atoms with van der Waals surface area (Å²) in [6.07, 6.45) is 3.23. The van der Waals surface area contributed by atoms with E-state index in [1.54, 1.807) is 10.8 Å². The van der Waals surface area contributed by atoms with Crippen LogP contribution in [0.2, 0.25) is 0 Å². The molecule has 0 amide bonds. The third-order valence-corrected chi connectivity index (χ3v) is 2.48. The van der Waals surface area contributed by atoms with Crippen molar-refractivity contribution in [2.75, 3.05) is 25.5 Å². The molecule has 0 radical (unpaired) electrons. The van der Waals surface area contributed by atoms with Gasteiger partial charge in [-0.15, -0.1) is 6.58 Å². The van der Waals surface area contributed by atoms with Gasteiger partial charge >= 0.3 is 0 Å². The molecule has 0 spiro atoms. The fourth-order valence-corrected chi connectivity index (χ4v) is 1.61. The molecular formula is C11H16N6O. The standard InChI is InChI=1S/C11H16N6O/c1-3-6-17-9-8(7-14-17)10(18)16-11(15-9)13-5-4-12-2/h3,7,12H,1,4-6H2,2H3,(H2,13,15,16,18). The highest BCUT2D eigenvalue weighted by Crippen LogP contribution is 2.08. The van der Waals surface area contributed by atoms with Gasteiger partial charge < -0.3 is 10.6 Å². The number of anilines is 1. The summed E-state index contributed by atoms with van der Waals surface area (Å²) in [6, 6.07) is 0. The Morgan fingerprint density at radius 3 is 3.11 bits per heavy atom. The van der Waals surface area contributed by atoms with Gasteiger partial charge in [-0.3, -0.25) is 9.78 Å². The lowest BCUT2D eigenvalue weighted by Crippen LogP contribution is -2.21. The second-order valence-electron chi connectivity index (χ2n) is 3.80. The molecule has 2 heterocycles. The van der Waals surface area contributed by atoms with Crippen LogP contribution in [0.1, 0.15) is 0 Å². The number of aromatic amines is 1. The van der Waals surface area contributed by atoms with E-state index in [4.69, 9.17) is 0 Å². The number of fused-ring (bicyclic) bond motifs is 1. The van der Waals surface area contributed by atoms with Crippen LogP contribution in [0.15, 0.2) is 23.6 Å². The van der Waals surface area contributed by atoms with E-state index in [2.05, 4.69) is 32.3 Å². The molecule has 3 N–H and O–H groups in total. The summed E-state index contributed by atoms with van der Waals surface area (Å²) >= 11 is 0. The van der Waals surface area contributed by atoms with E-state index in [-0.39, 0.29) is 5.56 Å². The first-order chi connectivity index (χ1) is 8.76. The molecule has 18 heavy (non-hydrogen) atoms. The summed E-state index contributed by atoms with van der Waals surface area (Å²) in [6.45, 7) is 5.64. The Kier molecular flexibility index (Phi) is 3.73.